The highest BCUT2D eigenvalue weighted by molar-refractivity contribution is 5.67. The third kappa shape index (κ3) is 2.29. The average Bonchev–Trinajstić information content (AvgIpc) is 2.86. The van der Waals surface area contributed by atoms with Gasteiger partial charge in [0, 0.05) is 19.2 Å². The molecule has 2 aliphatic rings. The first kappa shape index (κ1) is 15.3. The van der Waals surface area contributed by atoms with Crippen molar-refractivity contribution in [3.05, 3.63) is 23.8 Å². The van der Waals surface area contributed by atoms with Gasteiger partial charge in [0.1, 0.15) is 5.75 Å². The number of ether oxygens (including phenoxy) is 1. The van der Waals surface area contributed by atoms with Crippen LogP contribution in [-0.4, -0.2) is 70.1 Å². The van der Waals surface area contributed by atoms with E-state index in [1.807, 2.05) is 27.2 Å². The lowest BCUT2D eigenvalue weighted by Gasteiger charge is -2.36. The first-order chi connectivity index (χ1) is 10.1. The molecule has 1 fully saturated rings. The maximum atomic E-state index is 12.1. The van der Waals surface area contributed by atoms with E-state index < -0.39 is 0 Å². The zero-order valence-electron chi connectivity index (χ0n) is 14.5. The molecule has 1 aromatic rings. The van der Waals surface area contributed by atoms with Crippen molar-refractivity contribution in [3.8, 4) is 5.75 Å². The number of carbonyl (C=O) groups excluding carboxylic acids is 1. The van der Waals surface area contributed by atoms with Crippen molar-refractivity contribution in [2.24, 2.45) is 0 Å². The van der Waals surface area contributed by atoms with E-state index in [4.69, 9.17) is 4.74 Å². The summed E-state index contributed by atoms with van der Waals surface area (Å²) in [4.78, 5) is 14.5. The average molecular weight is 305 g/mol. The lowest BCUT2D eigenvalue weighted by molar-refractivity contribution is -0.901. The first-order valence-electron chi connectivity index (χ1n) is 7.84. The van der Waals surface area contributed by atoms with Gasteiger partial charge in [-0.25, -0.2) is 4.48 Å². The van der Waals surface area contributed by atoms with Crippen LogP contribution in [0.15, 0.2) is 18.2 Å². The molecule has 0 aliphatic carbocycles. The fourth-order valence-electron chi connectivity index (χ4n) is 3.89. The molecule has 0 bridgehead atoms. The minimum absolute atomic E-state index is 0.160. The van der Waals surface area contributed by atoms with Gasteiger partial charge in [-0.15, -0.1) is 0 Å². The largest absolute Gasteiger partial charge is 0.520 e. The van der Waals surface area contributed by atoms with Crippen LogP contribution >= 0.6 is 0 Å². The van der Waals surface area contributed by atoms with E-state index >= 15 is 0 Å². The number of benzene rings is 1. The topological polar surface area (TPSA) is 29.5 Å². The van der Waals surface area contributed by atoms with Crippen LogP contribution in [0.2, 0.25) is 0 Å². The number of nitrogens with zero attached hydrogens (tertiary/aromatic N) is 3. The summed E-state index contributed by atoms with van der Waals surface area (Å²) in [5, 5.41) is 0. The number of hydrogen-bond donors (Lipinski definition) is 0. The molecule has 1 aromatic carbocycles. The number of amides is 1. The van der Waals surface area contributed by atoms with E-state index in [1.54, 1.807) is 0 Å². The lowest BCUT2D eigenvalue weighted by Crippen LogP contribution is -2.52. The molecule has 2 heterocycles. The summed E-state index contributed by atoms with van der Waals surface area (Å²) in [7, 11) is 12.2. The number of likely N-dealkylation sites (tertiary alicyclic amines) is 1. The number of quaternary nitrogens is 2. The number of rotatable bonds is 1. The summed E-state index contributed by atoms with van der Waals surface area (Å²) in [6.07, 6.45) is 1.42. The maximum Gasteiger partial charge on any atom is 0.520 e. The van der Waals surface area contributed by atoms with Gasteiger partial charge in [-0.2, -0.15) is 4.79 Å². The molecule has 3 rings (SSSR count). The predicted octanol–water partition coefficient (Wildman–Crippen LogP) is 2.23. The molecule has 0 radical (unpaired) electrons. The Morgan fingerprint density at radius 2 is 2.00 bits per heavy atom. The fraction of sp³-hybridized carbons (Fsp3) is 0.588. The van der Waals surface area contributed by atoms with Crippen molar-refractivity contribution < 1.29 is 18.5 Å². The second-order valence-electron chi connectivity index (χ2n) is 8.02. The van der Waals surface area contributed by atoms with E-state index in [0.29, 0.717) is 17.8 Å². The van der Waals surface area contributed by atoms with Gasteiger partial charge in [-0.3, -0.25) is 0 Å². The Kier molecular flexibility index (Phi) is 3.27. The SMILES string of the molecule is CN1c2ccc(OC(=O)[N+](C)(C)C)cc2C2CC[N+](C)(C)C21. The van der Waals surface area contributed by atoms with Gasteiger partial charge in [-0.1, -0.05) is 0 Å². The molecular formula is C17H27N3O2+2. The van der Waals surface area contributed by atoms with Crippen molar-refractivity contribution in [2.75, 3.05) is 53.7 Å². The molecule has 0 spiro atoms. The lowest BCUT2D eigenvalue weighted by atomic mass is 9.98. The van der Waals surface area contributed by atoms with Crippen molar-refractivity contribution >= 4 is 11.8 Å². The Labute approximate surface area is 132 Å². The Bertz CT molecular complexity index is 619. The zero-order chi connectivity index (χ0) is 16.3. The van der Waals surface area contributed by atoms with Crippen LogP contribution in [0.3, 0.4) is 0 Å². The van der Waals surface area contributed by atoms with E-state index in [9.17, 15) is 4.79 Å². The van der Waals surface area contributed by atoms with Gasteiger partial charge in [-0.05, 0) is 23.8 Å². The van der Waals surface area contributed by atoms with Crippen molar-refractivity contribution in [3.63, 3.8) is 0 Å². The molecule has 22 heavy (non-hydrogen) atoms. The Morgan fingerprint density at radius 1 is 1.32 bits per heavy atom. The normalized spacial score (nSPS) is 25.8. The molecular weight excluding hydrogens is 278 g/mol. The van der Waals surface area contributed by atoms with E-state index in [-0.39, 0.29) is 10.6 Å². The summed E-state index contributed by atoms with van der Waals surface area (Å²) in [6.45, 7) is 1.18. The zero-order valence-corrected chi connectivity index (χ0v) is 14.5. The number of hydrogen-bond acceptors (Lipinski definition) is 3. The van der Waals surface area contributed by atoms with Crippen LogP contribution in [-0.2, 0) is 0 Å². The first-order valence-corrected chi connectivity index (χ1v) is 7.84. The molecule has 1 saturated heterocycles. The molecule has 2 aliphatic heterocycles. The Balaban J connectivity index is 1.91. The van der Waals surface area contributed by atoms with Gasteiger partial charge < -0.3 is 14.1 Å². The summed E-state index contributed by atoms with van der Waals surface area (Å²) in [5.74, 6) is 1.18. The highest BCUT2D eigenvalue weighted by Crippen LogP contribution is 2.49. The second kappa shape index (κ2) is 4.70. The summed E-state index contributed by atoms with van der Waals surface area (Å²) in [5.41, 5.74) is 2.59. The molecule has 5 nitrogen and oxygen atoms in total. The van der Waals surface area contributed by atoms with Gasteiger partial charge in [0.25, 0.3) is 0 Å². The summed E-state index contributed by atoms with van der Waals surface area (Å²) in [6, 6.07) is 6.06. The molecule has 0 aromatic heterocycles. The standard InChI is InChI=1S/C17H27N3O2/c1-18-15-8-7-12(22-17(21)19(2,3)4)11-14(15)13-9-10-20(5,6)16(13)18/h7-8,11,13,16H,9-10H2,1-6H3/q+2. The maximum absolute atomic E-state index is 12.1. The third-order valence-corrected chi connectivity index (χ3v) is 5.02. The van der Waals surface area contributed by atoms with Gasteiger partial charge in [0.05, 0.1) is 47.7 Å². The second-order valence-corrected chi connectivity index (χ2v) is 8.02. The van der Waals surface area contributed by atoms with Crippen LogP contribution in [0.25, 0.3) is 0 Å². The van der Waals surface area contributed by atoms with Gasteiger partial charge in [0.15, 0.2) is 6.17 Å². The smallest absolute Gasteiger partial charge is 0.381 e. The van der Waals surface area contributed by atoms with E-state index in [2.05, 4.69) is 38.2 Å². The third-order valence-electron chi connectivity index (χ3n) is 5.02. The monoisotopic (exact) mass is 305 g/mol. The molecule has 0 saturated carbocycles. The minimum atomic E-state index is -0.245. The van der Waals surface area contributed by atoms with Gasteiger partial charge >= 0.3 is 6.09 Å². The van der Waals surface area contributed by atoms with Crippen LogP contribution in [0, 0.1) is 0 Å². The molecule has 1 amide bonds. The summed E-state index contributed by atoms with van der Waals surface area (Å²) < 4.78 is 6.73. The fourth-order valence-corrected chi connectivity index (χ4v) is 3.89. The number of anilines is 1. The highest BCUT2D eigenvalue weighted by Gasteiger charge is 2.51. The number of fused-ring (bicyclic) bond motifs is 3. The predicted molar refractivity (Wildman–Crippen MR) is 87.0 cm³/mol. The van der Waals surface area contributed by atoms with Crippen LogP contribution in [0.5, 0.6) is 5.75 Å². The molecule has 2 atom stereocenters. The van der Waals surface area contributed by atoms with Crippen LogP contribution in [0.1, 0.15) is 17.9 Å². The molecule has 120 valence electrons. The number of carbonyl (C=O) groups is 1. The van der Waals surface area contributed by atoms with Crippen molar-refractivity contribution in [2.45, 2.75) is 18.5 Å². The quantitative estimate of drug-likeness (QED) is 0.745. The molecule has 0 N–H and O–H groups in total. The van der Waals surface area contributed by atoms with Crippen LogP contribution in [0.4, 0.5) is 10.5 Å². The number of likely N-dealkylation sites (N-methyl/N-ethyl adjacent to an activating group) is 2. The minimum Gasteiger partial charge on any atom is -0.381 e. The summed E-state index contributed by atoms with van der Waals surface area (Å²) >= 11 is 0. The van der Waals surface area contributed by atoms with Crippen molar-refractivity contribution in [1.82, 2.24) is 0 Å². The Morgan fingerprint density at radius 3 is 2.64 bits per heavy atom. The highest BCUT2D eigenvalue weighted by atomic mass is 16.6. The van der Waals surface area contributed by atoms with Crippen LogP contribution < -0.4 is 9.64 Å². The Hall–Kier alpha value is -1.59. The van der Waals surface area contributed by atoms with Crippen molar-refractivity contribution in [1.29, 1.82) is 0 Å². The van der Waals surface area contributed by atoms with Gasteiger partial charge in [0.2, 0.25) is 0 Å². The van der Waals surface area contributed by atoms with E-state index in [0.717, 1.165) is 4.48 Å². The molecule has 5 heteroatoms. The molecule has 2 unspecified atom stereocenters. The van der Waals surface area contributed by atoms with E-state index in [1.165, 1.54) is 24.2 Å².